The van der Waals surface area contributed by atoms with Crippen LogP contribution in [0.25, 0.3) is 22.7 Å². The van der Waals surface area contributed by atoms with Crippen LogP contribution in [-0.4, -0.2) is 27.9 Å². The van der Waals surface area contributed by atoms with Crippen molar-refractivity contribution in [2.75, 3.05) is 11.9 Å². The maximum absolute atomic E-state index is 12.9. The molecule has 0 aliphatic heterocycles. The van der Waals surface area contributed by atoms with Crippen LogP contribution in [0.1, 0.15) is 23.0 Å². The first kappa shape index (κ1) is 19.7. The summed E-state index contributed by atoms with van der Waals surface area (Å²) in [7, 11) is 0. The molecule has 0 aliphatic carbocycles. The maximum atomic E-state index is 12.9. The molecule has 0 spiro atoms. The van der Waals surface area contributed by atoms with Crippen LogP contribution in [0.15, 0.2) is 57.5 Å². The van der Waals surface area contributed by atoms with Gasteiger partial charge in [0, 0.05) is 11.1 Å². The summed E-state index contributed by atoms with van der Waals surface area (Å²) in [6, 6.07) is 14.2. The maximum Gasteiger partial charge on any atom is 0.322 e. The summed E-state index contributed by atoms with van der Waals surface area (Å²) in [6.07, 6.45) is 0. The summed E-state index contributed by atoms with van der Waals surface area (Å²) in [5.41, 5.74) is 1.86. The van der Waals surface area contributed by atoms with Crippen molar-refractivity contribution in [2.24, 2.45) is 0 Å². The predicted octanol–water partition coefficient (Wildman–Crippen LogP) is 5.00. The topological polar surface area (TPSA) is 103 Å². The zero-order valence-electron chi connectivity index (χ0n) is 16.2. The van der Waals surface area contributed by atoms with Gasteiger partial charge in [-0.1, -0.05) is 40.1 Å². The molecule has 0 atom stereocenters. The van der Waals surface area contributed by atoms with Crippen LogP contribution >= 0.6 is 11.6 Å². The molecule has 152 valence electrons. The first-order valence-electron chi connectivity index (χ1n) is 9.16. The third-order valence-electron chi connectivity index (χ3n) is 4.28. The second-order valence-corrected chi connectivity index (χ2v) is 6.67. The summed E-state index contributed by atoms with van der Waals surface area (Å²) in [5, 5.41) is 14.9. The van der Waals surface area contributed by atoms with Crippen molar-refractivity contribution in [1.82, 2.24) is 15.4 Å². The Balaban J connectivity index is 1.56. The van der Waals surface area contributed by atoms with Crippen LogP contribution in [-0.2, 0) is 0 Å². The van der Waals surface area contributed by atoms with Gasteiger partial charge in [0.15, 0.2) is 0 Å². The molecular weight excluding hydrogens is 408 g/mol. The Kier molecular flexibility index (Phi) is 5.49. The molecule has 0 bridgehead atoms. The quantitative estimate of drug-likeness (QED) is 0.464. The van der Waals surface area contributed by atoms with E-state index in [0.29, 0.717) is 34.2 Å². The van der Waals surface area contributed by atoms with Gasteiger partial charge >= 0.3 is 6.01 Å². The van der Waals surface area contributed by atoms with E-state index in [1.54, 1.807) is 55.5 Å². The molecule has 4 rings (SSSR count). The number of ether oxygens (including phenoxy) is 1. The summed E-state index contributed by atoms with van der Waals surface area (Å²) < 4.78 is 16.2. The van der Waals surface area contributed by atoms with Gasteiger partial charge in [-0.25, -0.2) is 0 Å². The Bertz CT molecular complexity index is 1180. The molecule has 30 heavy (non-hydrogen) atoms. The first-order chi connectivity index (χ1) is 14.6. The van der Waals surface area contributed by atoms with E-state index in [2.05, 4.69) is 20.7 Å². The molecule has 1 amide bonds. The van der Waals surface area contributed by atoms with Crippen molar-refractivity contribution in [3.63, 3.8) is 0 Å². The van der Waals surface area contributed by atoms with Crippen molar-refractivity contribution in [3.05, 3.63) is 64.9 Å². The standard InChI is InChI=1S/C21H17ClN4O4/c1-3-28-14-10-8-13(9-11-14)20-24-25-21(29-20)23-19(27)17-12(2)30-26-18(17)15-6-4-5-7-16(15)22/h4-11H,3H2,1-2H3,(H,23,25,27). The zero-order chi connectivity index (χ0) is 21.1. The number of hydrogen-bond acceptors (Lipinski definition) is 7. The average molecular weight is 425 g/mol. The number of carbonyl (C=O) groups excluding carboxylic acids is 1. The van der Waals surface area contributed by atoms with Crippen LogP contribution in [0.3, 0.4) is 0 Å². The molecule has 4 aromatic rings. The molecule has 2 heterocycles. The molecule has 0 radical (unpaired) electrons. The number of amides is 1. The Hall–Kier alpha value is -3.65. The minimum absolute atomic E-state index is 0.0467. The molecule has 0 unspecified atom stereocenters. The van der Waals surface area contributed by atoms with Gasteiger partial charge in [-0.05, 0) is 44.2 Å². The third-order valence-corrected chi connectivity index (χ3v) is 4.61. The molecule has 2 aromatic heterocycles. The highest BCUT2D eigenvalue weighted by molar-refractivity contribution is 6.33. The lowest BCUT2D eigenvalue weighted by molar-refractivity contribution is 0.102. The fourth-order valence-electron chi connectivity index (χ4n) is 2.89. The van der Waals surface area contributed by atoms with Gasteiger partial charge in [0.25, 0.3) is 5.91 Å². The number of carbonyl (C=O) groups is 1. The van der Waals surface area contributed by atoms with E-state index < -0.39 is 5.91 Å². The van der Waals surface area contributed by atoms with E-state index in [4.69, 9.17) is 25.3 Å². The average Bonchev–Trinajstić information content (AvgIpc) is 3.36. The summed E-state index contributed by atoms with van der Waals surface area (Å²) in [4.78, 5) is 12.9. The van der Waals surface area contributed by atoms with Gasteiger partial charge in [-0.2, -0.15) is 0 Å². The van der Waals surface area contributed by atoms with Crippen LogP contribution in [0, 0.1) is 6.92 Å². The summed E-state index contributed by atoms with van der Waals surface area (Å²) in [6.45, 7) is 4.13. The molecular formula is C21H17ClN4O4. The number of rotatable bonds is 6. The second-order valence-electron chi connectivity index (χ2n) is 6.27. The minimum Gasteiger partial charge on any atom is -0.494 e. The number of aryl methyl sites for hydroxylation is 1. The Labute approximate surface area is 176 Å². The van der Waals surface area contributed by atoms with Crippen LogP contribution < -0.4 is 10.1 Å². The molecule has 0 saturated heterocycles. The Morgan fingerprint density at radius 3 is 2.63 bits per heavy atom. The van der Waals surface area contributed by atoms with Crippen molar-refractivity contribution in [1.29, 1.82) is 0 Å². The summed E-state index contributed by atoms with van der Waals surface area (Å²) >= 11 is 6.24. The lowest BCUT2D eigenvalue weighted by Crippen LogP contribution is -2.13. The second kappa shape index (κ2) is 8.38. The lowest BCUT2D eigenvalue weighted by atomic mass is 10.1. The van der Waals surface area contributed by atoms with Gasteiger partial charge in [0.2, 0.25) is 5.89 Å². The zero-order valence-corrected chi connectivity index (χ0v) is 16.9. The number of nitrogens with one attached hydrogen (secondary N) is 1. The number of anilines is 1. The van der Waals surface area contributed by atoms with E-state index in [1.807, 2.05) is 6.92 Å². The van der Waals surface area contributed by atoms with Crippen molar-refractivity contribution in [3.8, 4) is 28.5 Å². The highest BCUT2D eigenvalue weighted by Gasteiger charge is 2.24. The highest BCUT2D eigenvalue weighted by Crippen LogP contribution is 2.31. The number of halogens is 1. The van der Waals surface area contributed by atoms with Crippen LogP contribution in [0.5, 0.6) is 5.75 Å². The SMILES string of the molecule is CCOc1ccc(-c2nnc(NC(=O)c3c(-c4ccccc4Cl)noc3C)o2)cc1. The van der Waals surface area contributed by atoms with Gasteiger partial charge in [-0.15, -0.1) is 5.10 Å². The number of hydrogen-bond donors (Lipinski definition) is 1. The third kappa shape index (κ3) is 3.90. The van der Waals surface area contributed by atoms with Crippen molar-refractivity contribution < 1.29 is 18.5 Å². The Morgan fingerprint density at radius 1 is 1.13 bits per heavy atom. The van der Waals surface area contributed by atoms with Crippen molar-refractivity contribution >= 4 is 23.5 Å². The lowest BCUT2D eigenvalue weighted by Gasteiger charge is -2.04. The number of aromatic nitrogens is 3. The number of benzene rings is 2. The van der Waals surface area contributed by atoms with E-state index >= 15 is 0 Å². The van der Waals surface area contributed by atoms with Crippen LogP contribution in [0.2, 0.25) is 5.02 Å². The molecule has 2 aromatic carbocycles. The molecule has 0 fully saturated rings. The smallest absolute Gasteiger partial charge is 0.322 e. The van der Waals surface area contributed by atoms with Crippen molar-refractivity contribution in [2.45, 2.75) is 13.8 Å². The molecule has 0 aliphatic rings. The van der Waals surface area contributed by atoms with E-state index in [0.717, 1.165) is 5.75 Å². The van der Waals surface area contributed by atoms with Crippen LogP contribution in [0.4, 0.5) is 6.01 Å². The summed E-state index contributed by atoms with van der Waals surface area (Å²) in [5.74, 6) is 0.852. The van der Waals surface area contributed by atoms with E-state index in [1.165, 1.54) is 0 Å². The van der Waals surface area contributed by atoms with Gasteiger partial charge in [0.1, 0.15) is 22.8 Å². The van der Waals surface area contributed by atoms with Gasteiger partial charge < -0.3 is 13.7 Å². The molecule has 0 saturated carbocycles. The Morgan fingerprint density at radius 2 is 1.90 bits per heavy atom. The minimum atomic E-state index is -0.495. The fourth-order valence-corrected chi connectivity index (χ4v) is 3.11. The highest BCUT2D eigenvalue weighted by atomic mass is 35.5. The molecule has 1 N–H and O–H groups in total. The van der Waals surface area contributed by atoms with Gasteiger partial charge in [0.05, 0.1) is 11.6 Å². The van der Waals surface area contributed by atoms with Gasteiger partial charge in [-0.3, -0.25) is 10.1 Å². The monoisotopic (exact) mass is 424 g/mol. The predicted molar refractivity (Wildman–Crippen MR) is 111 cm³/mol. The largest absolute Gasteiger partial charge is 0.494 e. The fraction of sp³-hybridized carbons (Fsp3) is 0.143. The van der Waals surface area contributed by atoms with E-state index in [9.17, 15) is 4.79 Å². The normalized spacial score (nSPS) is 10.8. The molecule has 8 nitrogen and oxygen atoms in total. The van der Waals surface area contributed by atoms with E-state index in [-0.39, 0.29) is 17.5 Å². The molecule has 9 heteroatoms. The number of nitrogens with zero attached hydrogens (tertiary/aromatic N) is 3. The first-order valence-corrected chi connectivity index (χ1v) is 9.54.